The molecule has 1 aromatic carbocycles. The van der Waals surface area contributed by atoms with Gasteiger partial charge in [0.05, 0.1) is 19.8 Å². The lowest BCUT2D eigenvalue weighted by Gasteiger charge is -2.07. The second-order valence-electron chi connectivity index (χ2n) is 3.60. The summed E-state index contributed by atoms with van der Waals surface area (Å²) in [6, 6.07) is 7.60. The Morgan fingerprint density at radius 3 is 2.61 bits per heavy atom. The van der Waals surface area contributed by atoms with Gasteiger partial charge in [-0.2, -0.15) is 5.26 Å². The Hall–Kier alpha value is -2.06. The lowest BCUT2D eigenvalue weighted by atomic mass is 10.2. The molecular weight excluding hydrogens is 248 g/mol. The Labute approximate surface area is 109 Å². The zero-order valence-corrected chi connectivity index (χ0v) is 11.2. The van der Waals surface area contributed by atoms with Gasteiger partial charge in [0.25, 0.3) is 0 Å². The van der Waals surface area contributed by atoms with E-state index in [0.717, 1.165) is 21.2 Å². The number of aryl methyl sites for hydroxylation is 1. The monoisotopic (exact) mass is 260 g/mol. The molecule has 0 bridgehead atoms. The Morgan fingerprint density at radius 1 is 1.28 bits per heavy atom. The van der Waals surface area contributed by atoms with Gasteiger partial charge in [0.2, 0.25) is 0 Å². The van der Waals surface area contributed by atoms with E-state index in [-0.39, 0.29) is 0 Å². The third kappa shape index (κ3) is 2.15. The van der Waals surface area contributed by atoms with Crippen molar-refractivity contribution in [3.05, 3.63) is 28.8 Å². The maximum atomic E-state index is 8.94. The van der Waals surface area contributed by atoms with Crippen LogP contribution < -0.4 is 9.47 Å². The predicted molar refractivity (Wildman–Crippen MR) is 70.1 cm³/mol. The summed E-state index contributed by atoms with van der Waals surface area (Å²) in [6.45, 7) is 1.88. The summed E-state index contributed by atoms with van der Waals surface area (Å²) in [5.41, 5.74) is 1.30. The first kappa shape index (κ1) is 12.4. The van der Waals surface area contributed by atoms with Crippen LogP contribution in [0.3, 0.4) is 0 Å². The number of nitriles is 1. The summed E-state index contributed by atoms with van der Waals surface area (Å²) in [5, 5.41) is 9.71. The fourth-order valence-corrected chi connectivity index (χ4v) is 2.48. The Kier molecular flexibility index (Phi) is 3.49. The molecule has 0 aliphatic rings. The van der Waals surface area contributed by atoms with E-state index in [1.54, 1.807) is 14.2 Å². The number of nitrogens with zero attached hydrogens (tertiary/aromatic N) is 2. The zero-order chi connectivity index (χ0) is 13.1. The first-order valence-corrected chi connectivity index (χ1v) is 6.11. The molecular formula is C13H12N2O2S. The number of benzene rings is 1. The Balaban J connectivity index is 2.57. The minimum absolute atomic E-state index is 0.458. The van der Waals surface area contributed by atoms with Crippen LogP contribution in [0.5, 0.6) is 11.5 Å². The third-order valence-electron chi connectivity index (χ3n) is 2.54. The van der Waals surface area contributed by atoms with Gasteiger partial charge in [-0.15, -0.1) is 11.3 Å². The van der Waals surface area contributed by atoms with Crippen LogP contribution in [0.2, 0.25) is 0 Å². The number of aromatic nitrogens is 1. The molecule has 0 saturated carbocycles. The summed E-state index contributed by atoms with van der Waals surface area (Å²) < 4.78 is 10.5. The summed E-state index contributed by atoms with van der Waals surface area (Å²) in [6.07, 6.45) is 0. The molecule has 2 aromatic rings. The maximum Gasteiger partial charge on any atom is 0.155 e. The summed E-state index contributed by atoms with van der Waals surface area (Å²) in [4.78, 5) is 5.20. The molecule has 1 aromatic heterocycles. The fraction of sp³-hybridized carbons (Fsp3) is 0.231. The van der Waals surface area contributed by atoms with Gasteiger partial charge in [-0.25, -0.2) is 4.98 Å². The van der Waals surface area contributed by atoms with Gasteiger partial charge >= 0.3 is 0 Å². The number of hydrogen-bond acceptors (Lipinski definition) is 5. The maximum absolute atomic E-state index is 8.94. The lowest BCUT2D eigenvalue weighted by molar-refractivity contribution is 0.404. The highest BCUT2D eigenvalue weighted by Crippen LogP contribution is 2.36. The van der Waals surface area contributed by atoms with Gasteiger partial charge in [-0.05, 0) is 25.1 Å². The first-order valence-electron chi connectivity index (χ1n) is 5.29. The van der Waals surface area contributed by atoms with Crippen LogP contribution in [0.25, 0.3) is 10.6 Å². The SMILES string of the molecule is COc1ccc(OC)c(-c2nc(C#N)c(C)s2)c1. The highest BCUT2D eigenvalue weighted by molar-refractivity contribution is 7.15. The van der Waals surface area contributed by atoms with E-state index in [1.165, 1.54) is 11.3 Å². The number of rotatable bonds is 3. The van der Waals surface area contributed by atoms with Crippen LogP contribution in [0.15, 0.2) is 18.2 Å². The predicted octanol–water partition coefficient (Wildman–Crippen LogP) is 3.01. The molecule has 0 unspecified atom stereocenters. The lowest BCUT2D eigenvalue weighted by Crippen LogP contribution is -1.90. The molecule has 1 heterocycles. The van der Waals surface area contributed by atoms with Crippen molar-refractivity contribution in [3.63, 3.8) is 0 Å². The van der Waals surface area contributed by atoms with Gasteiger partial charge in [0.1, 0.15) is 22.6 Å². The molecule has 0 amide bonds. The number of methoxy groups -OCH3 is 2. The van der Waals surface area contributed by atoms with Gasteiger partial charge in [0.15, 0.2) is 5.69 Å². The van der Waals surface area contributed by atoms with E-state index in [1.807, 2.05) is 25.1 Å². The van der Waals surface area contributed by atoms with Gasteiger partial charge in [0, 0.05) is 4.88 Å². The van der Waals surface area contributed by atoms with Crippen molar-refractivity contribution in [2.45, 2.75) is 6.92 Å². The molecule has 0 atom stereocenters. The zero-order valence-electron chi connectivity index (χ0n) is 10.4. The summed E-state index contributed by atoms with van der Waals surface area (Å²) >= 11 is 1.47. The van der Waals surface area contributed by atoms with E-state index in [9.17, 15) is 0 Å². The molecule has 92 valence electrons. The molecule has 5 heteroatoms. The number of hydrogen-bond donors (Lipinski definition) is 0. The molecule has 0 aliphatic carbocycles. The van der Waals surface area contributed by atoms with Crippen molar-refractivity contribution in [3.8, 4) is 28.1 Å². The molecule has 0 aliphatic heterocycles. The van der Waals surface area contributed by atoms with E-state index in [4.69, 9.17) is 14.7 Å². The minimum atomic E-state index is 0.458. The van der Waals surface area contributed by atoms with Gasteiger partial charge in [-0.1, -0.05) is 0 Å². The first-order chi connectivity index (χ1) is 8.69. The molecule has 2 rings (SSSR count). The standard InChI is InChI=1S/C13H12N2O2S/c1-8-11(7-14)15-13(18-8)10-6-9(16-2)4-5-12(10)17-3/h4-6H,1-3H3. The van der Waals surface area contributed by atoms with Gasteiger partial charge in [-0.3, -0.25) is 0 Å². The molecule has 18 heavy (non-hydrogen) atoms. The van der Waals surface area contributed by atoms with Crippen LogP contribution >= 0.6 is 11.3 Å². The smallest absolute Gasteiger partial charge is 0.155 e. The van der Waals surface area contributed by atoms with Crippen LogP contribution in [0.4, 0.5) is 0 Å². The Morgan fingerprint density at radius 2 is 2.06 bits per heavy atom. The van der Waals surface area contributed by atoms with Crippen molar-refractivity contribution in [2.75, 3.05) is 14.2 Å². The van der Waals surface area contributed by atoms with E-state index < -0.39 is 0 Å². The van der Waals surface area contributed by atoms with Gasteiger partial charge < -0.3 is 9.47 Å². The van der Waals surface area contributed by atoms with Crippen molar-refractivity contribution >= 4 is 11.3 Å². The summed E-state index contributed by atoms with van der Waals surface area (Å²) in [5.74, 6) is 1.45. The topological polar surface area (TPSA) is 55.1 Å². The molecule has 0 radical (unpaired) electrons. The second-order valence-corrected chi connectivity index (χ2v) is 4.81. The van der Waals surface area contributed by atoms with Crippen molar-refractivity contribution in [1.29, 1.82) is 5.26 Å². The highest BCUT2D eigenvalue weighted by Gasteiger charge is 2.14. The van der Waals surface area contributed by atoms with Crippen LogP contribution in [0.1, 0.15) is 10.6 Å². The van der Waals surface area contributed by atoms with Crippen LogP contribution in [-0.2, 0) is 0 Å². The van der Waals surface area contributed by atoms with Crippen LogP contribution in [0, 0.1) is 18.3 Å². The van der Waals surface area contributed by atoms with Crippen molar-refractivity contribution < 1.29 is 9.47 Å². The largest absolute Gasteiger partial charge is 0.497 e. The van der Waals surface area contributed by atoms with E-state index in [0.29, 0.717) is 11.4 Å². The number of thiazole rings is 1. The summed E-state index contributed by atoms with van der Waals surface area (Å²) in [7, 11) is 3.22. The second kappa shape index (κ2) is 5.07. The van der Waals surface area contributed by atoms with E-state index >= 15 is 0 Å². The van der Waals surface area contributed by atoms with Crippen molar-refractivity contribution in [1.82, 2.24) is 4.98 Å². The normalized spacial score (nSPS) is 9.89. The minimum Gasteiger partial charge on any atom is -0.497 e. The number of ether oxygens (including phenoxy) is 2. The molecule has 4 nitrogen and oxygen atoms in total. The molecule has 0 fully saturated rings. The Bertz CT molecular complexity index is 614. The highest BCUT2D eigenvalue weighted by atomic mass is 32.1. The average Bonchev–Trinajstić information content (AvgIpc) is 2.79. The fourth-order valence-electron chi connectivity index (χ4n) is 1.60. The van der Waals surface area contributed by atoms with E-state index in [2.05, 4.69) is 11.1 Å². The molecule has 0 saturated heterocycles. The van der Waals surface area contributed by atoms with Crippen molar-refractivity contribution in [2.24, 2.45) is 0 Å². The quantitative estimate of drug-likeness (QED) is 0.851. The molecule has 0 spiro atoms. The van der Waals surface area contributed by atoms with Crippen LogP contribution in [-0.4, -0.2) is 19.2 Å². The third-order valence-corrected chi connectivity index (χ3v) is 3.54. The average molecular weight is 260 g/mol. The molecule has 0 N–H and O–H groups in total.